The van der Waals surface area contributed by atoms with Crippen LogP contribution in [-0.4, -0.2) is 11.7 Å². The lowest BCUT2D eigenvalue weighted by Gasteiger charge is -2.18. The van der Waals surface area contributed by atoms with Crippen molar-refractivity contribution in [2.75, 3.05) is 6.54 Å². The van der Waals surface area contributed by atoms with Gasteiger partial charge in [-0.15, -0.1) is 0 Å². The Morgan fingerprint density at radius 2 is 1.32 bits per heavy atom. The van der Waals surface area contributed by atoms with Crippen LogP contribution in [0.15, 0.2) is 66.7 Å². The zero-order chi connectivity index (χ0) is 19.9. The van der Waals surface area contributed by atoms with E-state index in [-0.39, 0.29) is 36.8 Å². The van der Waals surface area contributed by atoms with Crippen LogP contribution in [0.5, 0.6) is 11.5 Å². The average Bonchev–Trinajstić information content (AvgIpc) is 2.74. The van der Waals surface area contributed by atoms with Crippen LogP contribution in [0.2, 0.25) is 0 Å². The highest BCUT2D eigenvalue weighted by molar-refractivity contribution is 5.47. The first kappa shape index (κ1) is 19.8. The molecule has 0 saturated carbocycles. The molecule has 0 radical (unpaired) electrons. The molecule has 3 aromatic rings. The minimum Gasteiger partial charge on any atom is -0.482 e. The number of halogens is 2. The largest absolute Gasteiger partial charge is 0.482 e. The number of hydrogen-bond donors (Lipinski definition) is 2. The van der Waals surface area contributed by atoms with Crippen molar-refractivity contribution in [3.05, 3.63) is 95.1 Å². The molecule has 0 aliphatic rings. The van der Waals surface area contributed by atoms with E-state index in [0.29, 0.717) is 0 Å². The van der Waals surface area contributed by atoms with Crippen LogP contribution in [0.1, 0.15) is 22.8 Å². The molecule has 0 heterocycles. The van der Waals surface area contributed by atoms with E-state index in [0.717, 1.165) is 17.2 Å². The Balaban J connectivity index is 1.92. The Bertz CT molecular complexity index is 905. The minimum atomic E-state index is -1.35. The maximum Gasteiger partial charge on any atom is 0.201 e. The summed E-state index contributed by atoms with van der Waals surface area (Å²) in [6.45, 7) is -0.197. The number of hydrogen-bond acceptors (Lipinski definition) is 4. The van der Waals surface area contributed by atoms with Gasteiger partial charge in [-0.25, -0.2) is 8.78 Å². The van der Waals surface area contributed by atoms with Crippen LogP contribution >= 0.6 is 0 Å². The lowest BCUT2D eigenvalue weighted by Crippen LogP contribution is -2.15. The molecule has 0 aliphatic carbocycles. The van der Waals surface area contributed by atoms with E-state index in [4.69, 9.17) is 15.2 Å². The van der Waals surface area contributed by atoms with Gasteiger partial charge in [0.05, 0.1) is 6.10 Å². The van der Waals surface area contributed by atoms with Gasteiger partial charge in [0.2, 0.25) is 11.5 Å². The molecule has 3 aromatic carbocycles. The molecule has 4 nitrogen and oxygen atoms in total. The molecule has 1 atom stereocenters. The van der Waals surface area contributed by atoms with E-state index in [2.05, 4.69) is 0 Å². The molecule has 0 aliphatic heterocycles. The summed E-state index contributed by atoms with van der Waals surface area (Å²) in [6, 6.07) is 19.1. The summed E-state index contributed by atoms with van der Waals surface area (Å²) >= 11 is 0. The SMILES string of the molecule is NCC(O)c1cc(F)c(OCc2ccccc2)c(OCc2ccccc2)c1F. The summed E-state index contributed by atoms with van der Waals surface area (Å²) in [5, 5.41) is 9.92. The maximum atomic E-state index is 15.0. The van der Waals surface area contributed by atoms with Crippen LogP contribution in [0.4, 0.5) is 8.78 Å². The third-order valence-corrected chi connectivity index (χ3v) is 4.19. The van der Waals surface area contributed by atoms with Crippen LogP contribution in [0.3, 0.4) is 0 Å². The Kier molecular flexibility index (Phi) is 6.57. The molecular weight excluding hydrogens is 364 g/mol. The Labute approximate surface area is 162 Å². The lowest BCUT2D eigenvalue weighted by molar-refractivity contribution is 0.176. The number of rotatable bonds is 8. The fraction of sp³-hybridized carbons (Fsp3) is 0.182. The van der Waals surface area contributed by atoms with Crippen molar-refractivity contribution >= 4 is 0 Å². The normalized spacial score (nSPS) is 11.9. The van der Waals surface area contributed by atoms with E-state index < -0.39 is 17.7 Å². The van der Waals surface area contributed by atoms with Crippen LogP contribution in [-0.2, 0) is 13.2 Å². The van der Waals surface area contributed by atoms with Gasteiger partial charge >= 0.3 is 0 Å². The fourth-order valence-corrected chi connectivity index (χ4v) is 2.70. The topological polar surface area (TPSA) is 64.7 Å². The number of ether oxygens (including phenoxy) is 2. The van der Waals surface area contributed by atoms with E-state index in [9.17, 15) is 13.9 Å². The zero-order valence-electron chi connectivity index (χ0n) is 15.1. The van der Waals surface area contributed by atoms with Gasteiger partial charge in [-0.05, 0) is 17.2 Å². The molecule has 3 N–H and O–H groups in total. The van der Waals surface area contributed by atoms with Crippen LogP contribution in [0.25, 0.3) is 0 Å². The first-order valence-corrected chi connectivity index (χ1v) is 8.83. The highest BCUT2D eigenvalue weighted by Crippen LogP contribution is 2.38. The quantitative estimate of drug-likeness (QED) is 0.612. The number of aliphatic hydroxyl groups excluding tert-OH is 1. The molecular formula is C22H21F2NO3. The van der Waals surface area contributed by atoms with Crippen molar-refractivity contribution in [3.8, 4) is 11.5 Å². The number of benzene rings is 3. The molecule has 0 amide bonds. The summed E-state index contributed by atoms with van der Waals surface area (Å²) < 4.78 is 40.8. The summed E-state index contributed by atoms with van der Waals surface area (Å²) in [5.41, 5.74) is 6.70. The molecule has 1 unspecified atom stereocenters. The van der Waals surface area contributed by atoms with E-state index in [1.54, 1.807) is 12.1 Å². The average molecular weight is 385 g/mol. The first-order valence-electron chi connectivity index (χ1n) is 8.83. The molecule has 0 bridgehead atoms. The predicted octanol–water partition coefficient (Wildman–Crippen LogP) is 4.11. The molecule has 3 rings (SSSR count). The van der Waals surface area contributed by atoms with Gasteiger partial charge in [-0.1, -0.05) is 60.7 Å². The second-order valence-corrected chi connectivity index (χ2v) is 6.22. The highest BCUT2D eigenvalue weighted by atomic mass is 19.1. The summed E-state index contributed by atoms with van der Waals surface area (Å²) in [5.74, 6) is -2.45. The second kappa shape index (κ2) is 9.30. The maximum absolute atomic E-state index is 15.0. The van der Waals surface area contributed by atoms with E-state index in [1.165, 1.54) is 0 Å². The Morgan fingerprint density at radius 3 is 1.82 bits per heavy atom. The van der Waals surface area contributed by atoms with Gasteiger partial charge in [-0.2, -0.15) is 0 Å². The van der Waals surface area contributed by atoms with Crippen LogP contribution in [0, 0.1) is 11.6 Å². The Morgan fingerprint density at radius 1 is 0.821 bits per heavy atom. The first-order chi connectivity index (χ1) is 13.6. The van der Waals surface area contributed by atoms with Gasteiger partial charge in [0.1, 0.15) is 13.2 Å². The lowest BCUT2D eigenvalue weighted by atomic mass is 10.1. The standard InChI is InChI=1S/C22H21F2NO3/c23-18-11-17(19(26)12-25)20(24)22(28-14-16-9-5-2-6-10-16)21(18)27-13-15-7-3-1-4-8-15/h1-11,19,26H,12-14,25H2. The van der Waals surface area contributed by atoms with Gasteiger partial charge in [0.15, 0.2) is 11.6 Å². The molecule has 0 saturated heterocycles. The molecule has 0 spiro atoms. The van der Waals surface area contributed by atoms with Gasteiger partial charge in [0.25, 0.3) is 0 Å². The smallest absolute Gasteiger partial charge is 0.201 e. The van der Waals surface area contributed by atoms with Crippen molar-refractivity contribution < 1.29 is 23.4 Å². The Hall–Kier alpha value is -2.96. The van der Waals surface area contributed by atoms with Gasteiger partial charge < -0.3 is 20.3 Å². The molecule has 28 heavy (non-hydrogen) atoms. The second-order valence-electron chi connectivity index (χ2n) is 6.22. The van der Waals surface area contributed by atoms with E-state index in [1.807, 2.05) is 48.5 Å². The van der Waals surface area contributed by atoms with Crippen molar-refractivity contribution in [2.24, 2.45) is 5.73 Å². The third kappa shape index (κ3) is 4.65. The summed E-state index contributed by atoms with van der Waals surface area (Å²) in [7, 11) is 0. The molecule has 146 valence electrons. The predicted molar refractivity (Wildman–Crippen MR) is 102 cm³/mol. The summed E-state index contributed by atoms with van der Waals surface area (Å²) in [6.07, 6.45) is -1.35. The third-order valence-electron chi connectivity index (χ3n) is 4.19. The highest BCUT2D eigenvalue weighted by Gasteiger charge is 2.25. The van der Waals surface area contributed by atoms with Crippen LogP contribution < -0.4 is 15.2 Å². The van der Waals surface area contributed by atoms with Crippen molar-refractivity contribution in [3.63, 3.8) is 0 Å². The number of aliphatic hydroxyl groups is 1. The monoisotopic (exact) mass is 385 g/mol. The number of nitrogens with two attached hydrogens (primary N) is 1. The fourth-order valence-electron chi connectivity index (χ4n) is 2.70. The van der Waals surface area contributed by atoms with Gasteiger partial charge in [0, 0.05) is 12.1 Å². The molecule has 6 heteroatoms. The van der Waals surface area contributed by atoms with Crippen molar-refractivity contribution in [1.82, 2.24) is 0 Å². The molecule has 0 fully saturated rings. The molecule has 0 aromatic heterocycles. The van der Waals surface area contributed by atoms with Crippen molar-refractivity contribution in [2.45, 2.75) is 19.3 Å². The zero-order valence-corrected chi connectivity index (χ0v) is 15.1. The van der Waals surface area contributed by atoms with E-state index >= 15 is 0 Å². The van der Waals surface area contributed by atoms with Crippen molar-refractivity contribution in [1.29, 1.82) is 0 Å². The minimum absolute atomic E-state index is 0.0150. The van der Waals surface area contributed by atoms with Gasteiger partial charge in [-0.3, -0.25) is 0 Å². The summed E-state index contributed by atoms with van der Waals surface area (Å²) in [4.78, 5) is 0.